The molecule has 10 heteroatoms. The molecule has 0 aromatic carbocycles. The topological polar surface area (TPSA) is 111 Å². The van der Waals surface area contributed by atoms with Crippen molar-refractivity contribution in [1.29, 1.82) is 0 Å². The van der Waals surface area contributed by atoms with Crippen molar-refractivity contribution in [2.24, 2.45) is 0 Å². The predicted molar refractivity (Wildman–Crippen MR) is 203 cm³/mol. The van der Waals surface area contributed by atoms with E-state index in [1.54, 1.807) is 0 Å². The minimum Gasteiger partial charge on any atom is -0.756 e. The Kier molecular flexibility index (Phi) is 31.5. The molecule has 9 nitrogen and oxygen atoms in total. The van der Waals surface area contributed by atoms with Crippen LogP contribution < -0.4 is 4.89 Å². The van der Waals surface area contributed by atoms with Crippen LogP contribution in [0.1, 0.15) is 142 Å². The fourth-order valence-corrected chi connectivity index (χ4v) is 5.49. The van der Waals surface area contributed by atoms with Crippen molar-refractivity contribution in [3.63, 3.8) is 0 Å². The van der Waals surface area contributed by atoms with Crippen LogP contribution >= 0.6 is 7.82 Å². The van der Waals surface area contributed by atoms with E-state index in [4.69, 9.17) is 18.5 Å². The van der Waals surface area contributed by atoms with Crippen molar-refractivity contribution in [1.82, 2.24) is 0 Å². The highest BCUT2D eigenvalue weighted by Crippen LogP contribution is 2.38. The number of allylic oxidation sites excluding steroid dienone is 8. The summed E-state index contributed by atoms with van der Waals surface area (Å²) in [4.78, 5) is 37.3. The second kappa shape index (κ2) is 32.8. The summed E-state index contributed by atoms with van der Waals surface area (Å²) < 4.78 is 33.7. The van der Waals surface area contributed by atoms with Gasteiger partial charge < -0.3 is 27.9 Å². The Morgan fingerprint density at radius 2 is 1.14 bits per heavy atom. The van der Waals surface area contributed by atoms with Crippen molar-refractivity contribution in [3.8, 4) is 0 Å². The van der Waals surface area contributed by atoms with Gasteiger partial charge in [0.15, 0.2) is 6.10 Å². The first-order chi connectivity index (χ1) is 24.0. The summed E-state index contributed by atoms with van der Waals surface area (Å²) in [7, 11) is 1.14. The van der Waals surface area contributed by atoms with Crippen LogP contribution in [0.3, 0.4) is 0 Å². The van der Waals surface area contributed by atoms with Gasteiger partial charge in [-0.3, -0.25) is 14.2 Å². The van der Waals surface area contributed by atoms with E-state index in [1.165, 1.54) is 12.8 Å². The Balaban J connectivity index is 4.46. The summed E-state index contributed by atoms with van der Waals surface area (Å²) in [6, 6.07) is 0. The van der Waals surface area contributed by atoms with E-state index in [-0.39, 0.29) is 26.1 Å². The van der Waals surface area contributed by atoms with Crippen LogP contribution in [0.5, 0.6) is 0 Å². The first-order valence-corrected chi connectivity index (χ1v) is 20.8. The van der Waals surface area contributed by atoms with Crippen LogP contribution in [0.4, 0.5) is 0 Å². The second-order valence-electron chi connectivity index (χ2n) is 13.9. The van der Waals surface area contributed by atoms with E-state index >= 15 is 0 Å². The predicted octanol–water partition coefficient (Wildman–Crippen LogP) is 9.72. The number of ether oxygens (including phenoxy) is 2. The van der Waals surface area contributed by atoms with Gasteiger partial charge in [0, 0.05) is 12.8 Å². The van der Waals surface area contributed by atoms with E-state index in [0.29, 0.717) is 23.9 Å². The van der Waals surface area contributed by atoms with Crippen molar-refractivity contribution in [2.45, 2.75) is 148 Å². The van der Waals surface area contributed by atoms with Gasteiger partial charge in [0.05, 0.1) is 27.7 Å². The molecule has 0 aliphatic heterocycles. The fraction of sp³-hybridized carbons (Fsp3) is 0.750. The zero-order valence-corrected chi connectivity index (χ0v) is 33.2. The average Bonchev–Trinajstić information content (AvgIpc) is 3.06. The van der Waals surface area contributed by atoms with Gasteiger partial charge in [0.1, 0.15) is 19.8 Å². The average molecular weight is 726 g/mol. The molecule has 0 spiro atoms. The van der Waals surface area contributed by atoms with E-state index < -0.39 is 32.5 Å². The van der Waals surface area contributed by atoms with Crippen molar-refractivity contribution in [3.05, 3.63) is 48.6 Å². The van der Waals surface area contributed by atoms with Crippen molar-refractivity contribution < 1.29 is 42.1 Å². The Hall–Kier alpha value is -2.03. The van der Waals surface area contributed by atoms with Gasteiger partial charge in [0.2, 0.25) is 0 Å². The zero-order chi connectivity index (χ0) is 37.2. The molecule has 2 atom stereocenters. The highest BCUT2D eigenvalue weighted by atomic mass is 31.2. The first kappa shape index (κ1) is 48.0. The SMILES string of the molecule is CC/C=C\C/C=C\C/C=C\CCCCCCCC(=O)OC[C@H](COP(=O)([O-])OCC[N+](C)(C)C)OC(=O)CCCCCCC/C=C\CCCC. The third kappa shape index (κ3) is 35.8. The van der Waals surface area contributed by atoms with Gasteiger partial charge >= 0.3 is 11.9 Å². The molecule has 0 bridgehead atoms. The molecule has 0 amide bonds. The number of quaternary nitrogens is 1. The number of rotatable bonds is 34. The number of hydrogen-bond donors (Lipinski definition) is 0. The molecule has 290 valence electrons. The minimum atomic E-state index is -4.62. The fourth-order valence-electron chi connectivity index (χ4n) is 4.77. The number of esters is 2. The zero-order valence-electron chi connectivity index (χ0n) is 32.3. The molecule has 0 N–H and O–H groups in total. The molecule has 0 aromatic heterocycles. The van der Waals surface area contributed by atoms with E-state index in [0.717, 1.165) is 89.9 Å². The number of phosphoric ester groups is 1. The third-order valence-corrected chi connectivity index (χ3v) is 8.80. The third-order valence-electron chi connectivity index (χ3n) is 7.83. The standard InChI is InChI=1S/C40H72NO8P/c1-6-8-10-12-14-16-18-19-20-21-23-24-26-28-30-32-39(42)46-36-38(37-48-50(44,45)47-35-34-41(3,4)5)49-40(43)33-31-29-27-25-22-17-15-13-11-9-7-2/h8,10,13-16,19-20,38H,6-7,9,11-12,17-18,21-37H2,1-5H3/b10-8-,15-13-,16-14-,20-19-/t38-/m1/s1. The summed E-state index contributed by atoms with van der Waals surface area (Å²) in [5, 5.41) is 0. The maximum Gasteiger partial charge on any atom is 0.306 e. The number of nitrogens with zero attached hydrogens (tertiary/aromatic N) is 1. The summed E-state index contributed by atoms with van der Waals surface area (Å²) in [5.41, 5.74) is 0. The quantitative estimate of drug-likeness (QED) is 0.0212. The van der Waals surface area contributed by atoms with Crippen LogP contribution in [0.2, 0.25) is 0 Å². The lowest BCUT2D eigenvalue weighted by molar-refractivity contribution is -0.870. The van der Waals surface area contributed by atoms with Gasteiger partial charge in [-0.25, -0.2) is 0 Å². The van der Waals surface area contributed by atoms with Crippen LogP contribution in [-0.4, -0.2) is 70.0 Å². The highest BCUT2D eigenvalue weighted by molar-refractivity contribution is 7.45. The number of unbranched alkanes of at least 4 members (excludes halogenated alkanes) is 12. The van der Waals surface area contributed by atoms with Crippen LogP contribution in [-0.2, 0) is 32.7 Å². The molecule has 0 aliphatic rings. The summed E-state index contributed by atoms with van der Waals surface area (Å²) in [5.74, 6) is -0.872. The first-order valence-electron chi connectivity index (χ1n) is 19.3. The van der Waals surface area contributed by atoms with E-state index in [2.05, 4.69) is 62.5 Å². The Bertz CT molecular complexity index is 1000. The lowest BCUT2D eigenvalue weighted by Gasteiger charge is -2.28. The minimum absolute atomic E-state index is 0.0371. The molecule has 0 saturated carbocycles. The summed E-state index contributed by atoms with van der Waals surface area (Å²) in [6.45, 7) is 4.01. The smallest absolute Gasteiger partial charge is 0.306 e. The maximum atomic E-state index is 12.6. The molecule has 0 rings (SSSR count). The lowest BCUT2D eigenvalue weighted by atomic mass is 10.1. The summed E-state index contributed by atoms with van der Waals surface area (Å²) in [6.07, 6.45) is 35.7. The molecular formula is C40H72NO8P. The Morgan fingerprint density at radius 1 is 0.640 bits per heavy atom. The van der Waals surface area contributed by atoms with Gasteiger partial charge in [-0.05, 0) is 64.2 Å². The van der Waals surface area contributed by atoms with Crippen LogP contribution in [0, 0.1) is 0 Å². The molecule has 0 saturated heterocycles. The van der Waals surface area contributed by atoms with Gasteiger partial charge in [-0.2, -0.15) is 0 Å². The maximum absolute atomic E-state index is 12.6. The molecule has 1 unspecified atom stereocenters. The van der Waals surface area contributed by atoms with Crippen molar-refractivity contribution in [2.75, 3.05) is 47.5 Å². The second-order valence-corrected chi connectivity index (χ2v) is 15.3. The molecule has 0 aromatic rings. The number of carbonyl (C=O) groups is 2. The van der Waals surface area contributed by atoms with Gasteiger partial charge in [-0.1, -0.05) is 114 Å². The largest absolute Gasteiger partial charge is 0.756 e. The Morgan fingerprint density at radius 3 is 1.72 bits per heavy atom. The van der Waals surface area contributed by atoms with Gasteiger partial charge in [0.25, 0.3) is 7.82 Å². The number of likely N-dealkylation sites (N-methyl/N-ethyl adjacent to an activating group) is 1. The van der Waals surface area contributed by atoms with E-state index in [1.807, 2.05) is 21.1 Å². The number of carbonyl (C=O) groups excluding carboxylic acids is 2. The lowest BCUT2D eigenvalue weighted by Crippen LogP contribution is -2.37. The van der Waals surface area contributed by atoms with E-state index in [9.17, 15) is 19.0 Å². The van der Waals surface area contributed by atoms with Crippen molar-refractivity contribution >= 4 is 19.8 Å². The van der Waals surface area contributed by atoms with Crippen LogP contribution in [0.15, 0.2) is 48.6 Å². The monoisotopic (exact) mass is 725 g/mol. The highest BCUT2D eigenvalue weighted by Gasteiger charge is 2.21. The number of phosphoric acid groups is 1. The number of hydrogen-bond acceptors (Lipinski definition) is 8. The molecule has 50 heavy (non-hydrogen) atoms. The summed E-state index contributed by atoms with van der Waals surface area (Å²) >= 11 is 0. The molecule has 0 aliphatic carbocycles. The Labute approximate surface area is 305 Å². The molecule has 0 fully saturated rings. The normalized spacial score (nSPS) is 14.3. The molecule has 0 heterocycles. The van der Waals surface area contributed by atoms with Gasteiger partial charge in [-0.15, -0.1) is 0 Å². The van der Waals surface area contributed by atoms with Crippen LogP contribution in [0.25, 0.3) is 0 Å². The molecular weight excluding hydrogens is 653 g/mol. The molecule has 0 radical (unpaired) electrons.